The fourth-order valence-corrected chi connectivity index (χ4v) is 3.28. The van der Waals surface area contributed by atoms with Gasteiger partial charge in [0, 0.05) is 12.1 Å². The Morgan fingerprint density at radius 2 is 1.59 bits per heavy atom. The highest BCUT2D eigenvalue weighted by atomic mass is 16.6. The van der Waals surface area contributed by atoms with E-state index in [1.54, 1.807) is 0 Å². The third-order valence-corrected chi connectivity index (χ3v) is 4.28. The second-order valence-electron chi connectivity index (χ2n) is 6.12. The van der Waals surface area contributed by atoms with Gasteiger partial charge in [0.2, 0.25) is 13.7 Å². The molecule has 1 rings (SSSR count). The van der Waals surface area contributed by atoms with E-state index in [1.165, 1.54) is 14.3 Å². The van der Waals surface area contributed by atoms with Crippen molar-refractivity contribution < 1.29 is 9.53 Å². The van der Waals surface area contributed by atoms with E-state index >= 15 is 0 Å². The van der Waals surface area contributed by atoms with Crippen molar-refractivity contribution in [3.63, 3.8) is 0 Å². The third kappa shape index (κ3) is 3.03. The summed E-state index contributed by atoms with van der Waals surface area (Å²) in [6, 6.07) is 0.881. The Morgan fingerprint density at radius 3 is 1.94 bits per heavy atom. The first-order valence-corrected chi connectivity index (χ1v) is 6.64. The zero-order chi connectivity index (χ0) is 13.4. The van der Waals surface area contributed by atoms with Crippen LogP contribution in [-0.4, -0.2) is 36.4 Å². The number of carbonyl (C=O) groups is 1. The van der Waals surface area contributed by atoms with Gasteiger partial charge in [0.15, 0.2) is 5.72 Å². The van der Waals surface area contributed by atoms with E-state index in [1.807, 2.05) is 13.8 Å². The molecule has 0 unspecified atom stereocenters. The number of likely N-dealkylation sites (tertiary alicyclic amines) is 1. The van der Waals surface area contributed by atoms with Crippen LogP contribution in [0.1, 0.15) is 48.0 Å². The van der Waals surface area contributed by atoms with Crippen LogP contribution < -0.4 is 0 Å². The van der Waals surface area contributed by atoms with Gasteiger partial charge in [-0.25, -0.2) is 0 Å². The van der Waals surface area contributed by atoms with Crippen LogP contribution in [0, 0.1) is 11.8 Å². The number of hydrogen-bond donors (Lipinski definition) is 0. The molecule has 98 valence electrons. The Balaban J connectivity index is 2.94. The van der Waals surface area contributed by atoms with Crippen LogP contribution >= 0.6 is 0 Å². The summed E-state index contributed by atoms with van der Waals surface area (Å²) in [5.74, 6) is 1.06. The highest BCUT2D eigenvalue weighted by molar-refractivity contribution is 6.55. The molecule has 1 saturated heterocycles. The molecule has 3 nitrogen and oxygen atoms in total. The Morgan fingerprint density at radius 1 is 1.18 bits per heavy atom. The Bertz CT molecular complexity index is 279. The van der Waals surface area contributed by atoms with Crippen LogP contribution in [0.3, 0.4) is 0 Å². The van der Waals surface area contributed by atoms with Gasteiger partial charge in [0.1, 0.15) is 0 Å². The van der Waals surface area contributed by atoms with Crippen molar-refractivity contribution in [2.24, 2.45) is 11.8 Å². The number of ether oxygens (including phenoxy) is 1. The molecule has 0 spiro atoms. The van der Waals surface area contributed by atoms with Gasteiger partial charge in [-0.2, -0.15) is 0 Å². The lowest BCUT2D eigenvalue weighted by Crippen LogP contribution is -2.61. The summed E-state index contributed by atoms with van der Waals surface area (Å²) in [5, 5.41) is 0. The summed E-state index contributed by atoms with van der Waals surface area (Å²) >= 11 is 0. The van der Waals surface area contributed by atoms with Gasteiger partial charge in [-0.3, -0.25) is 9.69 Å². The molecule has 0 aliphatic carbocycles. The zero-order valence-corrected chi connectivity index (χ0v) is 12.3. The number of rotatable bonds is 2. The molecule has 1 aliphatic heterocycles. The first kappa shape index (κ1) is 14.6. The van der Waals surface area contributed by atoms with Crippen LogP contribution in [0.25, 0.3) is 0 Å². The number of piperidine rings is 1. The average molecular weight is 239 g/mol. The predicted molar refractivity (Wildman–Crippen MR) is 72.8 cm³/mol. The first-order valence-electron chi connectivity index (χ1n) is 6.64. The van der Waals surface area contributed by atoms with Gasteiger partial charge in [-0.05, 0) is 46.0 Å². The molecule has 0 aromatic rings. The summed E-state index contributed by atoms with van der Waals surface area (Å²) in [7, 11) is 1.48. The lowest BCUT2D eigenvalue weighted by Gasteiger charge is -2.52. The van der Waals surface area contributed by atoms with Gasteiger partial charge in [-0.15, -0.1) is 0 Å². The molecule has 17 heavy (non-hydrogen) atoms. The van der Waals surface area contributed by atoms with Crippen molar-refractivity contribution in [3.8, 4) is 0 Å². The van der Waals surface area contributed by atoms with Crippen LogP contribution in [0.15, 0.2) is 0 Å². The molecule has 0 bridgehead atoms. The molecule has 0 radical (unpaired) electrons. The molecule has 4 heteroatoms. The molecule has 0 aromatic heterocycles. The van der Waals surface area contributed by atoms with E-state index in [2.05, 4.69) is 32.6 Å². The minimum absolute atomic E-state index is 0.208. The van der Waals surface area contributed by atoms with Crippen molar-refractivity contribution >= 4 is 13.7 Å². The van der Waals surface area contributed by atoms with Gasteiger partial charge in [0.25, 0.3) is 0 Å². The van der Waals surface area contributed by atoms with Crippen molar-refractivity contribution in [2.45, 2.75) is 65.8 Å². The molecule has 4 atom stereocenters. The second-order valence-corrected chi connectivity index (χ2v) is 6.12. The van der Waals surface area contributed by atoms with E-state index < -0.39 is 5.72 Å². The molecule has 1 heterocycles. The highest BCUT2D eigenvalue weighted by Gasteiger charge is 2.43. The van der Waals surface area contributed by atoms with Crippen LogP contribution in [0.4, 0.5) is 4.79 Å². The summed E-state index contributed by atoms with van der Waals surface area (Å²) in [6.07, 6.45) is 1.25. The van der Waals surface area contributed by atoms with Gasteiger partial charge < -0.3 is 4.74 Å². The predicted octanol–water partition coefficient (Wildman–Crippen LogP) is 2.25. The fraction of sp³-hybridized carbons (Fsp3) is 0.923. The normalized spacial score (nSPS) is 35.6. The van der Waals surface area contributed by atoms with E-state index in [9.17, 15) is 4.79 Å². The van der Waals surface area contributed by atoms with Crippen molar-refractivity contribution in [2.75, 3.05) is 0 Å². The summed E-state index contributed by atoms with van der Waals surface area (Å²) in [4.78, 5) is 13.6. The molecule has 0 amide bonds. The van der Waals surface area contributed by atoms with Gasteiger partial charge >= 0.3 is 0 Å². The summed E-state index contributed by atoms with van der Waals surface area (Å²) < 4.78 is 5.50. The molecule has 0 aromatic carbocycles. The molecular formula is C13H26BNO2. The quantitative estimate of drug-likeness (QED) is 0.692. The average Bonchev–Trinajstić information content (AvgIpc) is 2.12. The zero-order valence-electron chi connectivity index (χ0n) is 12.3. The van der Waals surface area contributed by atoms with Gasteiger partial charge in [0.05, 0.1) is 0 Å². The lowest BCUT2D eigenvalue weighted by molar-refractivity contribution is -0.151. The molecule has 1 fully saturated rings. The monoisotopic (exact) mass is 239 g/mol. The molecule has 0 N–H and O–H groups in total. The van der Waals surface area contributed by atoms with E-state index in [-0.39, 0.29) is 5.87 Å². The summed E-state index contributed by atoms with van der Waals surface area (Å²) in [5.41, 5.74) is -0.520. The highest BCUT2D eigenvalue weighted by Crippen LogP contribution is 2.37. The standard InChI is InChI=1S/C13H26BNO2/c1-8-7-9(2)11(4)15(10(8)3)13(5,6)17-12(14)16/h8-11H,7,14H2,1-6H3/t8-,9+,10-,11+. The Kier molecular flexibility index (Phi) is 4.29. The van der Waals surface area contributed by atoms with Crippen LogP contribution in [0.2, 0.25) is 0 Å². The van der Waals surface area contributed by atoms with Crippen LogP contribution in [0.5, 0.6) is 0 Å². The smallest absolute Gasteiger partial charge is 0.244 e. The maximum Gasteiger partial charge on any atom is 0.244 e. The van der Waals surface area contributed by atoms with Crippen molar-refractivity contribution in [1.82, 2.24) is 4.90 Å². The third-order valence-electron chi connectivity index (χ3n) is 4.28. The Hall–Kier alpha value is -0.505. The minimum Gasteiger partial charge on any atom is -0.453 e. The van der Waals surface area contributed by atoms with Crippen molar-refractivity contribution in [3.05, 3.63) is 0 Å². The van der Waals surface area contributed by atoms with Crippen molar-refractivity contribution in [1.29, 1.82) is 0 Å². The number of carbonyl (C=O) groups excluding carboxylic acids is 1. The lowest BCUT2D eigenvalue weighted by atomic mass is 9.80. The number of nitrogens with zero attached hydrogens (tertiary/aromatic N) is 1. The van der Waals surface area contributed by atoms with E-state index in [4.69, 9.17) is 4.74 Å². The second kappa shape index (κ2) is 5.01. The Labute approximate surface area is 106 Å². The van der Waals surface area contributed by atoms with Crippen LogP contribution in [-0.2, 0) is 4.74 Å². The molecule has 0 saturated carbocycles. The summed E-state index contributed by atoms with van der Waals surface area (Å²) in [6.45, 7) is 13.0. The first-order chi connectivity index (χ1) is 7.66. The largest absolute Gasteiger partial charge is 0.453 e. The van der Waals surface area contributed by atoms with E-state index in [0.717, 1.165) is 0 Å². The molecular weight excluding hydrogens is 213 g/mol. The maximum absolute atomic E-state index is 11.2. The van der Waals surface area contributed by atoms with Gasteiger partial charge in [-0.1, -0.05) is 13.8 Å². The topological polar surface area (TPSA) is 29.5 Å². The minimum atomic E-state index is -0.520. The number of hydrogen-bond acceptors (Lipinski definition) is 3. The molecule has 1 aliphatic rings. The van der Waals surface area contributed by atoms with E-state index in [0.29, 0.717) is 23.9 Å². The SMILES string of the molecule is BC(=O)OC(C)(C)N1[C@H](C)[C@H](C)C[C@H](C)[C@@H]1C. The maximum atomic E-state index is 11.2. The fourth-order valence-electron chi connectivity index (χ4n) is 3.28.